The molecule has 1 atom stereocenters. The zero-order chi connectivity index (χ0) is 16.4. The molecule has 1 aliphatic heterocycles. The molecule has 3 rings (SSSR count). The van der Waals surface area contributed by atoms with Gasteiger partial charge in [-0.1, -0.05) is 22.9 Å². The highest BCUT2D eigenvalue weighted by Gasteiger charge is 2.25. The predicted octanol–water partition coefficient (Wildman–Crippen LogP) is 2.60. The van der Waals surface area contributed by atoms with Gasteiger partial charge < -0.3 is 9.84 Å². The molecular weight excluding hydrogens is 290 g/mol. The number of nitrogens with zero attached hydrogens (tertiary/aromatic N) is 2. The van der Waals surface area contributed by atoms with Crippen LogP contribution in [0.15, 0.2) is 28.8 Å². The van der Waals surface area contributed by atoms with Crippen LogP contribution in [0.5, 0.6) is 0 Å². The van der Waals surface area contributed by atoms with Gasteiger partial charge >= 0.3 is 0 Å². The van der Waals surface area contributed by atoms with E-state index in [1.165, 1.54) is 0 Å². The van der Waals surface area contributed by atoms with E-state index in [0.717, 1.165) is 54.2 Å². The number of hydrogen-bond donors (Lipinski definition) is 1. The second kappa shape index (κ2) is 6.54. The van der Waals surface area contributed by atoms with Crippen LogP contribution < -0.4 is 5.32 Å². The van der Waals surface area contributed by atoms with Crippen molar-refractivity contribution >= 4 is 5.91 Å². The molecule has 1 N–H and O–H groups in total. The van der Waals surface area contributed by atoms with Crippen molar-refractivity contribution < 1.29 is 9.32 Å². The quantitative estimate of drug-likeness (QED) is 0.942. The van der Waals surface area contributed by atoms with E-state index in [9.17, 15) is 4.79 Å². The molecule has 1 aliphatic rings. The molecule has 122 valence electrons. The third kappa shape index (κ3) is 3.62. The molecule has 23 heavy (non-hydrogen) atoms. The van der Waals surface area contributed by atoms with E-state index in [-0.39, 0.29) is 11.9 Å². The van der Waals surface area contributed by atoms with Crippen LogP contribution in [0.4, 0.5) is 0 Å². The van der Waals surface area contributed by atoms with Gasteiger partial charge in [0.1, 0.15) is 5.76 Å². The van der Waals surface area contributed by atoms with Gasteiger partial charge in [0, 0.05) is 36.8 Å². The van der Waals surface area contributed by atoms with Gasteiger partial charge in [-0.2, -0.15) is 0 Å². The van der Waals surface area contributed by atoms with Gasteiger partial charge in [0.15, 0.2) is 0 Å². The molecule has 5 heteroatoms. The maximum absolute atomic E-state index is 12.3. The topological polar surface area (TPSA) is 58.4 Å². The maximum atomic E-state index is 12.3. The van der Waals surface area contributed by atoms with Crippen molar-refractivity contribution in [2.75, 3.05) is 13.1 Å². The first kappa shape index (κ1) is 15.7. The first-order valence-corrected chi connectivity index (χ1v) is 8.04. The molecule has 1 aromatic heterocycles. The number of amides is 1. The summed E-state index contributed by atoms with van der Waals surface area (Å²) in [4.78, 5) is 14.6. The largest absolute Gasteiger partial charge is 0.361 e. The van der Waals surface area contributed by atoms with E-state index in [1.807, 2.05) is 45.0 Å². The molecule has 5 nitrogen and oxygen atoms in total. The van der Waals surface area contributed by atoms with Gasteiger partial charge in [0.05, 0.1) is 5.69 Å². The third-order valence-electron chi connectivity index (χ3n) is 4.48. The summed E-state index contributed by atoms with van der Waals surface area (Å²) in [7, 11) is 0. The van der Waals surface area contributed by atoms with Crippen LogP contribution in [0, 0.1) is 20.8 Å². The minimum Gasteiger partial charge on any atom is -0.361 e. The van der Waals surface area contributed by atoms with Crippen LogP contribution in [-0.4, -0.2) is 35.1 Å². The average molecular weight is 313 g/mol. The summed E-state index contributed by atoms with van der Waals surface area (Å²) in [5, 5.41) is 7.13. The molecule has 0 aliphatic carbocycles. The van der Waals surface area contributed by atoms with Gasteiger partial charge in [-0.25, -0.2) is 0 Å². The van der Waals surface area contributed by atoms with E-state index in [2.05, 4.69) is 15.4 Å². The van der Waals surface area contributed by atoms with E-state index >= 15 is 0 Å². The number of aromatic nitrogens is 1. The summed E-state index contributed by atoms with van der Waals surface area (Å²) in [6.07, 6.45) is 0.973. The average Bonchev–Trinajstić information content (AvgIpc) is 3.09. The molecule has 0 radical (unpaired) electrons. The first-order valence-electron chi connectivity index (χ1n) is 8.04. The highest BCUT2D eigenvalue weighted by Crippen LogP contribution is 2.19. The molecular formula is C18H23N3O2. The first-order chi connectivity index (χ1) is 11.0. The summed E-state index contributed by atoms with van der Waals surface area (Å²) in [5.74, 6) is 0.892. The van der Waals surface area contributed by atoms with Crippen molar-refractivity contribution in [3.05, 3.63) is 52.4 Å². The van der Waals surface area contributed by atoms with Gasteiger partial charge in [0.25, 0.3) is 5.91 Å². The molecule has 2 aromatic rings. The standard InChI is InChI=1S/C18H23N3O2/c1-12-4-6-15(7-5-12)18(22)19-16-8-9-21(10-16)11-17-13(2)20-23-14(17)3/h4-7,16H,8-11H2,1-3H3,(H,19,22). The van der Waals surface area contributed by atoms with Crippen molar-refractivity contribution in [1.82, 2.24) is 15.4 Å². The SMILES string of the molecule is Cc1ccc(C(=O)NC2CCN(Cc3c(C)noc3C)C2)cc1. The predicted molar refractivity (Wildman–Crippen MR) is 88.3 cm³/mol. The molecule has 0 saturated carbocycles. The van der Waals surface area contributed by atoms with Crippen LogP contribution in [0.3, 0.4) is 0 Å². The molecule has 0 spiro atoms. The number of likely N-dealkylation sites (tertiary alicyclic amines) is 1. The Labute approximate surface area is 136 Å². The van der Waals surface area contributed by atoms with E-state index < -0.39 is 0 Å². The van der Waals surface area contributed by atoms with E-state index in [4.69, 9.17) is 4.52 Å². The monoisotopic (exact) mass is 313 g/mol. The minimum atomic E-state index is 0.00851. The van der Waals surface area contributed by atoms with Crippen LogP contribution in [0.25, 0.3) is 0 Å². The fourth-order valence-electron chi connectivity index (χ4n) is 3.02. The van der Waals surface area contributed by atoms with E-state index in [0.29, 0.717) is 0 Å². The summed E-state index contributed by atoms with van der Waals surface area (Å²) in [6.45, 7) is 8.61. The van der Waals surface area contributed by atoms with Gasteiger partial charge in [-0.05, 0) is 39.3 Å². The highest BCUT2D eigenvalue weighted by molar-refractivity contribution is 5.94. The van der Waals surface area contributed by atoms with Crippen LogP contribution in [-0.2, 0) is 6.54 Å². The molecule has 1 saturated heterocycles. The number of carbonyl (C=O) groups is 1. The van der Waals surface area contributed by atoms with Crippen LogP contribution in [0.1, 0.15) is 39.4 Å². The Morgan fingerprint density at radius 3 is 2.70 bits per heavy atom. The summed E-state index contributed by atoms with van der Waals surface area (Å²) >= 11 is 0. The van der Waals surface area contributed by atoms with Crippen LogP contribution >= 0.6 is 0 Å². The van der Waals surface area contributed by atoms with Crippen LogP contribution in [0.2, 0.25) is 0 Å². The second-order valence-corrected chi connectivity index (χ2v) is 6.36. The number of rotatable bonds is 4. The summed E-state index contributed by atoms with van der Waals surface area (Å²) < 4.78 is 5.22. The molecule has 1 amide bonds. The fraction of sp³-hybridized carbons (Fsp3) is 0.444. The minimum absolute atomic E-state index is 0.00851. The molecule has 2 heterocycles. The van der Waals surface area contributed by atoms with Crippen molar-refractivity contribution in [3.8, 4) is 0 Å². The molecule has 1 unspecified atom stereocenters. The van der Waals surface area contributed by atoms with E-state index in [1.54, 1.807) is 0 Å². The van der Waals surface area contributed by atoms with Crippen molar-refractivity contribution in [2.24, 2.45) is 0 Å². The number of benzene rings is 1. The molecule has 0 bridgehead atoms. The lowest BCUT2D eigenvalue weighted by Crippen LogP contribution is -2.37. The lowest BCUT2D eigenvalue weighted by Gasteiger charge is -2.16. The van der Waals surface area contributed by atoms with Gasteiger partial charge in [-0.3, -0.25) is 9.69 Å². The number of nitrogens with one attached hydrogen (secondary N) is 1. The van der Waals surface area contributed by atoms with Gasteiger partial charge in [-0.15, -0.1) is 0 Å². The van der Waals surface area contributed by atoms with Crippen molar-refractivity contribution in [3.63, 3.8) is 0 Å². The maximum Gasteiger partial charge on any atom is 0.251 e. The summed E-state index contributed by atoms with van der Waals surface area (Å²) in [6, 6.07) is 7.88. The second-order valence-electron chi connectivity index (χ2n) is 6.36. The lowest BCUT2D eigenvalue weighted by atomic mass is 10.1. The number of aryl methyl sites for hydroxylation is 3. The molecule has 1 fully saturated rings. The highest BCUT2D eigenvalue weighted by atomic mass is 16.5. The Bertz CT molecular complexity index is 671. The Hall–Kier alpha value is -2.14. The number of hydrogen-bond acceptors (Lipinski definition) is 4. The third-order valence-corrected chi connectivity index (χ3v) is 4.48. The Balaban J connectivity index is 1.55. The van der Waals surface area contributed by atoms with Gasteiger partial charge in [0.2, 0.25) is 0 Å². The summed E-state index contributed by atoms with van der Waals surface area (Å²) in [5.41, 5.74) is 4.00. The fourth-order valence-corrected chi connectivity index (χ4v) is 3.02. The zero-order valence-corrected chi connectivity index (χ0v) is 13.9. The van der Waals surface area contributed by atoms with Crippen molar-refractivity contribution in [2.45, 2.75) is 39.8 Å². The van der Waals surface area contributed by atoms with Crippen molar-refractivity contribution in [1.29, 1.82) is 0 Å². The zero-order valence-electron chi connectivity index (χ0n) is 13.9. The Kier molecular flexibility index (Phi) is 4.48. The number of carbonyl (C=O) groups excluding carboxylic acids is 1. The Morgan fingerprint density at radius 1 is 1.30 bits per heavy atom. The lowest BCUT2D eigenvalue weighted by molar-refractivity contribution is 0.0937. The smallest absolute Gasteiger partial charge is 0.251 e. The normalized spacial score (nSPS) is 18.3. The Morgan fingerprint density at radius 2 is 2.04 bits per heavy atom. The molecule has 1 aromatic carbocycles.